The molecule has 0 aliphatic heterocycles. The number of hydrogen-bond acceptors (Lipinski definition) is 6. The second-order valence-corrected chi connectivity index (χ2v) is 16.1. The van der Waals surface area contributed by atoms with Gasteiger partial charge in [0, 0.05) is 13.0 Å². The molecule has 0 saturated carbocycles. The number of likely N-dealkylation sites (N-methyl/N-ethyl adjacent to an activating group) is 1. The van der Waals surface area contributed by atoms with E-state index in [9.17, 15) is 14.3 Å². The first-order valence-electron chi connectivity index (χ1n) is 20.1. The number of ether oxygens (including phenoxy) is 2. The quantitative estimate of drug-likeness (QED) is 0.0225. The van der Waals surface area contributed by atoms with Gasteiger partial charge < -0.3 is 18.9 Å². The van der Waals surface area contributed by atoms with Gasteiger partial charge >= 0.3 is 13.8 Å². The number of carbonyl (C=O) groups is 1. The summed E-state index contributed by atoms with van der Waals surface area (Å²) in [6, 6.07) is 0. The fourth-order valence-electron chi connectivity index (χ4n) is 5.31. The number of phosphoric acid groups is 1. The summed E-state index contributed by atoms with van der Waals surface area (Å²) in [7, 11) is 1.66. The van der Waals surface area contributed by atoms with Crippen molar-refractivity contribution in [1.29, 1.82) is 0 Å². The zero-order valence-corrected chi connectivity index (χ0v) is 33.6. The molecular weight excluding hydrogens is 637 g/mol. The summed E-state index contributed by atoms with van der Waals surface area (Å²) in [6.45, 7) is 5.57. The standard InChI is InChI=1S/C40H78NO7P/c1-6-8-10-12-14-16-18-20-21-22-24-26-28-30-32-35-45-37-39(38-47-49(43,44)46-36-34-41(3,4)5)48-40(42)33-31-29-27-25-23-19-17-15-13-11-9-7-2/h15,17-18,20,39H,6-14,16,19,21-38H2,1-5H3/p+1/b17-15-,20-18-. The second-order valence-electron chi connectivity index (χ2n) is 14.7. The SMILES string of the molecule is CCCCC/C=C\CCCCCCCC(=O)OC(COCCCCCCCC/C=C\CCCCCCC)COP(=O)(O)OCC[N+](C)(C)C. The van der Waals surface area contributed by atoms with Crippen LogP contribution in [-0.4, -0.2) is 75.6 Å². The Morgan fingerprint density at radius 3 is 1.59 bits per heavy atom. The van der Waals surface area contributed by atoms with E-state index < -0.39 is 13.9 Å². The van der Waals surface area contributed by atoms with E-state index in [1.165, 1.54) is 103 Å². The third-order valence-electron chi connectivity index (χ3n) is 8.49. The Labute approximate surface area is 303 Å². The van der Waals surface area contributed by atoms with Gasteiger partial charge in [-0.25, -0.2) is 4.57 Å². The summed E-state index contributed by atoms with van der Waals surface area (Å²) in [4.78, 5) is 22.8. The number of quaternary nitrogens is 1. The fourth-order valence-corrected chi connectivity index (χ4v) is 6.05. The van der Waals surface area contributed by atoms with E-state index >= 15 is 0 Å². The molecule has 0 fully saturated rings. The van der Waals surface area contributed by atoms with Crippen LogP contribution in [0.5, 0.6) is 0 Å². The molecule has 1 N–H and O–H groups in total. The minimum Gasteiger partial charge on any atom is -0.457 e. The van der Waals surface area contributed by atoms with Crippen LogP contribution in [0.4, 0.5) is 0 Å². The van der Waals surface area contributed by atoms with Crippen LogP contribution < -0.4 is 0 Å². The lowest BCUT2D eigenvalue weighted by atomic mass is 10.1. The lowest BCUT2D eigenvalue weighted by Gasteiger charge is -2.24. The van der Waals surface area contributed by atoms with Gasteiger partial charge in [-0.2, -0.15) is 0 Å². The van der Waals surface area contributed by atoms with E-state index in [2.05, 4.69) is 38.2 Å². The molecule has 0 saturated heterocycles. The molecule has 49 heavy (non-hydrogen) atoms. The van der Waals surface area contributed by atoms with Gasteiger partial charge in [0.2, 0.25) is 0 Å². The molecule has 0 spiro atoms. The predicted octanol–water partition coefficient (Wildman–Crippen LogP) is 11.3. The molecule has 0 aromatic heterocycles. The Balaban J connectivity index is 4.29. The first-order valence-corrected chi connectivity index (χ1v) is 21.6. The molecule has 0 aliphatic rings. The van der Waals surface area contributed by atoms with Gasteiger partial charge in [0.25, 0.3) is 0 Å². The fraction of sp³-hybridized carbons (Fsp3) is 0.875. The molecule has 0 heterocycles. The van der Waals surface area contributed by atoms with Crippen LogP contribution in [-0.2, 0) is 27.9 Å². The molecule has 0 rings (SSSR count). The topological polar surface area (TPSA) is 91.3 Å². The van der Waals surface area contributed by atoms with E-state index in [4.69, 9.17) is 18.5 Å². The number of unbranched alkanes of at least 4 members (excludes halogenated alkanes) is 19. The Morgan fingerprint density at radius 2 is 1.06 bits per heavy atom. The maximum absolute atomic E-state index is 12.6. The van der Waals surface area contributed by atoms with E-state index in [0.29, 0.717) is 24.1 Å². The van der Waals surface area contributed by atoms with Gasteiger partial charge in [0.15, 0.2) is 0 Å². The normalized spacial score (nSPS) is 14.2. The minimum absolute atomic E-state index is 0.0867. The third-order valence-corrected chi connectivity index (χ3v) is 9.47. The second kappa shape index (κ2) is 34.1. The first-order chi connectivity index (χ1) is 23.6. The number of hydrogen-bond donors (Lipinski definition) is 1. The molecule has 0 radical (unpaired) electrons. The molecule has 8 nitrogen and oxygen atoms in total. The average molecular weight is 717 g/mol. The molecule has 2 atom stereocenters. The van der Waals surface area contributed by atoms with Crippen LogP contribution in [0.3, 0.4) is 0 Å². The maximum atomic E-state index is 12.6. The van der Waals surface area contributed by atoms with Crippen LogP contribution in [0.15, 0.2) is 24.3 Å². The predicted molar refractivity (Wildman–Crippen MR) is 206 cm³/mol. The van der Waals surface area contributed by atoms with Crippen molar-refractivity contribution < 1.29 is 37.3 Å². The van der Waals surface area contributed by atoms with E-state index in [0.717, 1.165) is 44.9 Å². The smallest absolute Gasteiger partial charge is 0.457 e. The van der Waals surface area contributed by atoms with Gasteiger partial charge in [-0.15, -0.1) is 0 Å². The van der Waals surface area contributed by atoms with Crippen molar-refractivity contribution in [3.8, 4) is 0 Å². The van der Waals surface area contributed by atoms with Gasteiger partial charge in [-0.05, 0) is 64.2 Å². The van der Waals surface area contributed by atoms with Crippen molar-refractivity contribution in [1.82, 2.24) is 0 Å². The first kappa shape index (κ1) is 48.0. The molecule has 2 unspecified atom stereocenters. The highest BCUT2D eigenvalue weighted by atomic mass is 31.2. The Hall–Kier alpha value is -1.02. The van der Waals surface area contributed by atoms with E-state index in [1.54, 1.807) is 0 Å². The zero-order chi connectivity index (χ0) is 36.3. The molecule has 0 amide bonds. The Bertz CT molecular complexity index is 843. The van der Waals surface area contributed by atoms with Gasteiger partial charge in [-0.3, -0.25) is 13.8 Å². The third kappa shape index (κ3) is 38.1. The summed E-state index contributed by atoms with van der Waals surface area (Å²) in [5, 5.41) is 0. The van der Waals surface area contributed by atoms with Crippen molar-refractivity contribution in [2.24, 2.45) is 0 Å². The number of allylic oxidation sites excluding steroid dienone is 4. The highest BCUT2D eigenvalue weighted by Crippen LogP contribution is 2.43. The van der Waals surface area contributed by atoms with E-state index in [-0.39, 0.29) is 25.8 Å². The zero-order valence-electron chi connectivity index (χ0n) is 32.7. The van der Waals surface area contributed by atoms with Crippen LogP contribution in [0.1, 0.15) is 168 Å². The highest BCUT2D eigenvalue weighted by molar-refractivity contribution is 7.47. The molecule has 0 aromatic carbocycles. The number of phosphoric ester groups is 1. The lowest BCUT2D eigenvalue weighted by Crippen LogP contribution is -2.37. The number of esters is 1. The number of nitrogens with zero attached hydrogens (tertiary/aromatic N) is 1. The molecule has 290 valence electrons. The van der Waals surface area contributed by atoms with Crippen molar-refractivity contribution in [2.45, 2.75) is 174 Å². The summed E-state index contributed by atoms with van der Waals surface area (Å²) >= 11 is 0. The lowest BCUT2D eigenvalue weighted by molar-refractivity contribution is -0.870. The largest absolute Gasteiger partial charge is 0.472 e. The van der Waals surface area contributed by atoms with Crippen LogP contribution in [0, 0.1) is 0 Å². The van der Waals surface area contributed by atoms with Crippen LogP contribution in [0.2, 0.25) is 0 Å². The van der Waals surface area contributed by atoms with Crippen molar-refractivity contribution >= 4 is 13.8 Å². The molecule has 9 heteroatoms. The van der Waals surface area contributed by atoms with Gasteiger partial charge in [0.05, 0.1) is 34.4 Å². The van der Waals surface area contributed by atoms with Gasteiger partial charge in [0.1, 0.15) is 19.3 Å². The Morgan fingerprint density at radius 1 is 0.612 bits per heavy atom. The molecule has 0 aromatic rings. The maximum Gasteiger partial charge on any atom is 0.472 e. The summed E-state index contributed by atoms with van der Waals surface area (Å²) < 4.78 is 34.9. The monoisotopic (exact) mass is 717 g/mol. The molecule has 0 aliphatic carbocycles. The van der Waals surface area contributed by atoms with Crippen molar-refractivity contribution in [3.05, 3.63) is 24.3 Å². The summed E-state index contributed by atoms with van der Waals surface area (Å²) in [5.74, 6) is -0.326. The summed E-state index contributed by atoms with van der Waals surface area (Å²) in [6.07, 6.45) is 36.3. The summed E-state index contributed by atoms with van der Waals surface area (Å²) in [5.41, 5.74) is 0. The molecule has 0 bridgehead atoms. The van der Waals surface area contributed by atoms with Gasteiger partial charge in [-0.1, -0.05) is 122 Å². The van der Waals surface area contributed by atoms with Crippen LogP contribution >= 0.6 is 7.82 Å². The Kier molecular flexibility index (Phi) is 33.4. The highest BCUT2D eigenvalue weighted by Gasteiger charge is 2.26. The molecular formula is C40H79NO7P+. The average Bonchev–Trinajstić information content (AvgIpc) is 3.04. The van der Waals surface area contributed by atoms with Crippen molar-refractivity contribution in [3.63, 3.8) is 0 Å². The minimum atomic E-state index is -4.27. The number of carbonyl (C=O) groups excluding carboxylic acids is 1. The van der Waals surface area contributed by atoms with Crippen LogP contribution in [0.25, 0.3) is 0 Å². The number of rotatable bonds is 37. The van der Waals surface area contributed by atoms with Crippen molar-refractivity contribution in [2.75, 3.05) is 54.1 Å². The van der Waals surface area contributed by atoms with E-state index in [1.807, 2.05) is 21.1 Å².